The molecule has 0 atom stereocenters. The summed E-state index contributed by atoms with van der Waals surface area (Å²) in [6, 6.07) is 0. The summed E-state index contributed by atoms with van der Waals surface area (Å²) in [5.41, 5.74) is 0. The number of aliphatic carboxylic acids is 4. The Labute approximate surface area is 126 Å². The third-order valence-corrected chi connectivity index (χ3v) is 0. The smallest absolute Gasteiger partial charge is 0.550 e. The summed E-state index contributed by atoms with van der Waals surface area (Å²) >= 11 is 0. The minimum Gasteiger partial charge on any atom is -0.550 e. The van der Waals surface area contributed by atoms with Crippen LogP contribution in [0.1, 0.15) is 27.7 Å². The van der Waals surface area contributed by atoms with E-state index in [1.165, 1.54) is 0 Å². The van der Waals surface area contributed by atoms with Gasteiger partial charge in [-0.3, -0.25) is 0 Å². The van der Waals surface area contributed by atoms with Crippen LogP contribution in [0.15, 0.2) is 0 Å². The Hall–Kier alpha value is -1.06. The second-order valence-corrected chi connectivity index (χ2v) is 1.97. The average molecular weight is 340 g/mol. The SMILES string of the molecule is CC(=O)[O-].CC(=O)[O-].CC(=O)[O-].CC(=O)[O-].[Cr+2].[Cr+2]. The topological polar surface area (TPSA) is 161 Å². The van der Waals surface area contributed by atoms with Gasteiger partial charge in [0, 0.05) is 23.9 Å². The molecule has 0 bridgehead atoms. The molecule has 0 saturated heterocycles. The van der Waals surface area contributed by atoms with Crippen LogP contribution >= 0.6 is 0 Å². The molecule has 10 heteroatoms. The molecule has 0 saturated carbocycles. The molecular weight excluding hydrogens is 328 g/mol. The van der Waals surface area contributed by atoms with E-state index in [4.69, 9.17) is 39.6 Å². The van der Waals surface area contributed by atoms with Crippen LogP contribution in [-0.4, -0.2) is 23.9 Å². The number of carbonyl (C=O) groups is 4. The van der Waals surface area contributed by atoms with Gasteiger partial charge in [0.05, 0.1) is 0 Å². The number of carboxylic acids is 4. The van der Waals surface area contributed by atoms with Crippen LogP contribution in [0.5, 0.6) is 0 Å². The second kappa shape index (κ2) is 29.7. The molecule has 0 heterocycles. The quantitative estimate of drug-likeness (QED) is 0.423. The van der Waals surface area contributed by atoms with Crippen molar-refractivity contribution < 1.29 is 74.3 Å². The van der Waals surface area contributed by atoms with Crippen LogP contribution in [0.3, 0.4) is 0 Å². The number of hydrogen-bond donors (Lipinski definition) is 0. The van der Waals surface area contributed by atoms with Gasteiger partial charge in [-0.15, -0.1) is 0 Å². The summed E-state index contributed by atoms with van der Waals surface area (Å²) in [6.45, 7) is 3.89. The van der Waals surface area contributed by atoms with Crippen molar-refractivity contribution in [2.24, 2.45) is 0 Å². The normalized spacial score (nSPS) is 5.56. The van der Waals surface area contributed by atoms with E-state index in [-0.39, 0.29) is 34.7 Å². The molecule has 0 aliphatic carbocycles. The minimum absolute atomic E-state index is 0. The molecule has 18 heavy (non-hydrogen) atoms. The van der Waals surface area contributed by atoms with Crippen molar-refractivity contribution in [1.29, 1.82) is 0 Å². The van der Waals surface area contributed by atoms with Gasteiger partial charge in [-0.25, -0.2) is 0 Å². The molecule has 0 rings (SSSR count). The van der Waals surface area contributed by atoms with Crippen molar-refractivity contribution in [2.75, 3.05) is 0 Å². The Kier molecular flexibility index (Phi) is 59.4. The standard InChI is InChI=1S/4C2H4O2.2Cr/c4*1-2(3)4;;/h4*1H3,(H,3,4);;/q;;;;2*+2/p-4. The molecule has 0 aromatic heterocycles. The van der Waals surface area contributed by atoms with Crippen molar-refractivity contribution in [2.45, 2.75) is 27.7 Å². The van der Waals surface area contributed by atoms with Gasteiger partial charge in [0.1, 0.15) is 0 Å². The molecule has 104 valence electrons. The summed E-state index contributed by atoms with van der Waals surface area (Å²) in [7, 11) is 0. The molecule has 0 N–H and O–H groups in total. The first-order valence-electron chi connectivity index (χ1n) is 3.63. The molecule has 0 spiro atoms. The van der Waals surface area contributed by atoms with Gasteiger partial charge in [0.15, 0.2) is 0 Å². The van der Waals surface area contributed by atoms with Crippen LogP contribution in [0.4, 0.5) is 0 Å². The van der Waals surface area contributed by atoms with Crippen molar-refractivity contribution in [3.63, 3.8) is 0 Å². The van der Waals surface area contributed by atoms with E-state index < -0.39 is 23.9 Å². The van der Waals surface area contributed by atoms with Crippen LogP contribution < -0.4 is 20.4 Å². The maximum atomic E-state index is 8.89. The third kappa shape index (κ3) is 2610. The number of carboxylic acid groups (broad SMARTS) is 4. The maximum absolute atomic E-state index is 8.89. The Morgan fingerprint density at radius 2 is 0.500 bits per heavy atom. The molecule has 0 fully saturated rings. The van der Waals surface area contributed by atoms with E-state index in [0.717, 1.165) is 27.7 Å². The Bertz CT molecular complexity index is 165. The van der Waals surface area contributed by atoms with Crippen LogP contribution in [-0.2, 0) is 53.9 Å². The molecule has 0 aromatic rings. The van der Waals surface area contributed by atoms with Gasteiger partial charge in [0.2, 0.25) is 0 Å². The summed E-state index contributed by atoms with van der Waals surface area (Å²) in [4.78, 5) is 35.6. The van der Waals surface area contributed by atoms with Crippen molar-refractivity contribution in [3.05, 3.63) is 0 Å². The van der Waals surface area contributed by atoms with Gasteiger partial charge < -0.3 is 39.6 Å². The molecule has 0 aliphatic rings. The zero-order valence-electron chi connectivity index (χ0n) is 10.1. The van der Waals surface area contributed by atoms with Gasteiger partial charge in [-0.2, -0.15) is 0 Å². The van der Waals surface area contributed by atoms with E-state index in [9.17, 15) is 0 Å². The fraction of sp³-hybridized carbons (Fsp3) is 0.500. The molecule has 0 amide bonds. The van der Waals surface area contributed by atoms with Crippen LogP contribution in [0.25, 0.3) is 0 Å². The molecule has 0 aliphatic heterocycles. The zero-order chi connectivity index (χ0) is 14.3. The van der Waals surface area contributed by atoms with Crippen LogP contribution in [0, 0.1) is 0 Å². The van der Waals surface area contributed by atoms with Gasteiger partial charge >= 0.3 is 34.7 Å². The second-order valence-electron chi connectivity index (χ2n) is 1.97. The Balaban J connectivity index is -0.0000000257. The van der Waals surface area contributed by atoms with Gasteiger partial charge in [-0.05, 0) is 27.7 Å². The molecule has 0 aromatic carbocycles. The minimum atomic E-state index is -1.08. The number of hydrogen-bond acceptors (Lipinski definition) is 8. The van der Waals surface area contributed by atoms with Crippen molar-refractivity contribution >= 4 is 23.9 Å². The third-order valence-electron chi connectivity index (χ3n) is 0. The van der Waals surface area contributed by atoms with E-state index in [2.05, 4.69) is 0 Å². The number of carbonyl (C=O) groups excluding carboxylic acids is 4. The first-order chi connectivity index (χ1) is 6.93. The zero-order valence-corrected chi connectivity index (χ0v) is 12.6. The largest absolute Gasteiger partial charge is 2.00 e. The Morgan fingerprint density at radius 3 is 0.500 bits per heavy atom. The molecule has 0 unspecified atom stereocenters. The molecular formula is C8H12Cr2O8. The summed E-state index contributed by atoms with van der Waals surface area (Å²) in [5, 5.41) is 35.6. The van der Waals surface area contributed by atoms with Crippen molar-refractivity contribution in [1.82, 2.24) is 0 Å². The summed E-state index contributed by atoms with van der Waals surface area (Å²) in [6.07, 6.45) is 0. The van der Waals surface area contributed by atoms with Crippen LogP contribution in [0.2, 0.25) is 0 Å². The predicted octanol–water partition coefficient (Wildman–Crippen LogP) is -4.98. The van der Waals surface area contributed by atoms with E-state index >= 15 is 0 Å². The van der Waals surface area contributed by atoms with Crippen molar-refractivity contribution in [3.8, 4) is 0 Å². The first kappa shape index (κ1) is 36.0. The van der Waals surface area contributed by atoms with E-state index in [0.29, 0.717) is 0 Å². The monoisotopic (exact) mass is 340 g/mol. The average Bonchev–Trinajstić information content (AvgIpc) is 1.76. The predicted molar refractivity (Wildman–Crippen MR) is 42.7 cm³/mol. The Morgan fingerprint density at radius 1 is 0.500 bits per heavy atom. The summed E-state index contributed by atoms with van der Waals surface area (Å²) < 4.78 is 0. The summed E-state index contributed by atoms with van der Waals surface area (Å²) in [5.74, 6) is -4.33. The van der Waals surface area contributed by atoms with E-state index in [1.807, 2.05) is 0 Å². The fourth-order valence-electron chi connectivity index (χ4n) is 0. The van der Waals surface area contributed by atoms with Gasteiger partial charge in [-0.1, -0.05) is 0 Å². The molecule has 0 radical (unpaired) electrons. The first-order valence-corrected chi connectivity index (χ1v) is 3.63. The van der Waals surface area contributed by atoms with E-state index in [1.54, 1.807) is 0 Å². The maximum Gasteiger partial charge on any atom is 2.00 e. The van der Waals surface area contributed by atoms with Gasteiger partial charge in [0.25, 0.3) is 0 Å². The fourth-order valence-corrected chi connectivity index (χ4v) is 0. The number of rotatable bonds is 0. The molecule has 8 nitrogen and oxygen atoms in total.